The summed E-state index contributed by atoms with van der Waals surface area (Å²) in [6, 6.07) is 4.18. The number of carbonyl (C=O) groups is 2. The highest BCUT2D eigenvalue weighted by Gasteiger charge is 2.11. The van der Waals surface area contributed by atoms with Crippen molar-refractivity contribution in [3.8, 4) is 6.08 Å². The molecule has 82 valence electrons. The molecule has 0 aliphatic heterocycles. The van der Waals surface area contributed by atoms with E-state index in [-0.39, 0.29) is 11.6 Å². The molecule has 6 nitrogen and oxygen atoms in total. The fourth-order valence-corrected chi connectivity index (χ4v) is 1.21. The van der Waals surface area contributed by atoms with Gasteiger partial charge in [-0.2, -0.15) is 4.98 Å². The number of carboxylic acid groups (broad SMARTS) is 1. The number of hydrogen-bond acceptors (Lipinski definition) is 5. The van der Waals surface area contributed by atoms with Gasteiger partial charge in [0.1, 0.15) is 5.52 Å². The summed E-state index contributed by atoms with van der Waals surface area (Å²) in [5, 5.41) is 8.75. The molecule has 0 bridgehead atoms. The molecule has 0 saturated heterocycles. The predicted octanol–water partition coefficient (Wildman–Crippen LogP) is 1.45. The van der Waals surface area contributed by atoms with Crippen molar-refractivity contribution in [3.63, 3.8) is 0 Å². The van der Waals surface area contributed by atoms with Crippen LogP contribution in [0.5, 0.6) is 6.08 Å². The van der Waals surface area contributed by atoms with Gasteiger partial charge in [0.15, 0.2) is 5.58 Å². The Bertz CT molecular complexity index is 572. The van der Waals surface area contributed by atoms with Gasteiger partial charge in [0.25, 0.3) is 0 Å². The fraction of sp³-hybridized carbons (Fsp3) is 0.100. The number of aromatic nitrogens is 1. The molecule has 0 spiro atoms. The molecule has 16 heavy (non-hydrogen) atoms. The van der Waals surface area contributed by atoms with Gasteiger partial charge in [0.05, 0.1) is 5.56 Å². The third-order valence-electron chi connectivity index (χ3n) is 1.85. The van der Waals surface area contributed by atoms with Gasteiger partial charge >= 0.3 is 18.0 Å². The smallest absolute Gasteiger partial charge is 0.402 e. The first-order chi connectivity index (χ1) is 7.56. The van der Waals surface area contributed by atoms with Crippen molar-refractivity contribution in [2.45, 2.75) is 6.92 Å². The molecule has 0 radical (unpaired) electrons. The first-order valence-corrected chi connectivity index (χ1v) is 4.38. The van der Waals surface area contributed by atoms with Crippen LogP contribution < -0.4 is 4.74 Å². The molecule has 2 rings (SSSR count). The van der Waals surface area contributed by atoms with Crippen LogP contribution in [0.1, 0.15) is 17.3 Å². The zero-order chi connectivity index (χ0) is 11.7. The zero-order valence-electron chi connectivity index (χ0n) is 8.26. The summed E-state index contributed by atoms with van der Waals surface area (Å²) < 4.78 is 9.70. The molecule has 0 atom stereocenters. The first kappa shape index (κ1) is 10.2. The van der Waals surface area contributed by atoms with Crippen LogP contribution in [-0.4, -0.2) is 22.0 Å². The van der Waals surface area contributed by atoms with E-state index in [2.05, 4.69) is 9.72 Å². The van der Waals surface area contributed by atoms with Crippen LogP contribution in [0.3, 0.4) is 0 Å². The third kappa shape index (κ3) is 1.85. The molecular formula is C10H7NO5. The van der Waals surface area contributed by atoms with Crippen molar-refractivity contribution >= 4 is 23.0 Å². The number of benzene rings is 1. The second-order valence-electron chi connectivity index (χ2n) is 3.06. The van der Waals surface area contributed by atoms with E-state index >= 15 is 0 Å². The highest BCUT2D eigenvalue weighted by Crippen LogP contribution is 2.21. The molecule has 0 fully saturated rings. The monoisotopic (exact) mass is 221 g/mol. The lowest BCUT2D eigenvalue weighted by Crippen LogP contribution is -2.00. The van der Waals surface area contributed by atoms with Crippen LogP contribution in [0.4, 0.5) is 0 Å². The Hall–Kier alpha value is -2.37. The van der Waals surface area contributed by atoms with Gasteiger partial charge in [0.2, 0.25) is 0 Å². The number of rotatable bonds is 2. The van der Waals surface area contributed by atoms with Gasteiger partial charge in [-0.25, -0.2) is 4.79 Å². The number of nitrogens with zero attached hydrogens (tertiary/aromatic N) is 1. The molecule has 0 unspecified atom stereocenters. The van der Waals surface area contributed by atoms with Crippen molar-refractivity contribution in [2.24, 2.45) is 0 Å². The molecule has 0 saturated carbocycles. The normalized spacial score (nSPS) is 10.3. The van der Waals surface area contributed by atoms with Gasteiger partial charge in [-0.1, -0.05) is 0 Å². The largest absolute Gasteiger partial charge is 0.478 e. The van der Waals surface area contributed by atoms with Crippen molar-refractivity contribution in [3.05, 3.63) is 23.8 Å². The molecule has 6 heteroatoms. The van der Waals surface area contributed by atoms with Gasteiger partial charge in [-0.15, -0.1) is 0 Å². The van der Waals surface area contributed by atoms with Crippen molar-refractivity contribution in [2.75, 3.05) is 0 Å². The summed E-state index contributed by atoms with van der Waals surface area (Å²) in [6.45, 7) is 1.22. The zero-order valence-corrected chi connectivity index (χ0v) is 8.26. The van der Waals surface area contributed by atoms with Gasteiger partial charge in [-0.3, -0.25) is 4.79 Å². The number of oxazole rings is 1. The Morgan fingerprint density at radius 2 is 2.19 bits per heavy atom. The van der Waals surface area contributed by atoms with E-state index in [1.165, 1.54) is 25.1 Å². The molecule has 0 amide bonds. The summed E-state index contributed by atoms with van der Waals surface area (Å²) in [5.41, 5.74) is 0.785. The number of carboxylic acids is 1. The number of hydrogen-bond donors (Lipinski definition) is 1. The average Bonchev–Trinajstić information content (AvgIpc) is 2.56. The van der Waals surface area contributed by atoms with E-state index in [9.17, 15) is 9.59 Å². The summed E-state index contributed by atoms with van der Waals surface area (Å²) in [4.78, 5) is 25.2. The summed E-state index contributed by atoms with van der Waals surface area (Å²) in [7, 11) is 0. The number of ether oxygens (including phenoxy) is 1. The molecular weight excluding hydrogens is 214 g/mol. The molecule has 1 aromatic carbocycles. The quantitative estimate of drug-likeness (QED) is 0.772. The van der Waals surface area contributed by atoms with E-state index in [1.54, 1.807) is 0 Å². The molecule has 0 aliphatic carbocycles. The van der Waals surface area contributed by atoms with E-state index in [4.69, 9.17) is 9.52 Å². The Morgan fingerprint density at radius 3 is 2.81 bits per heavy atom. The Labute approximate surface area is 89.5 Å². The molecule has 1 aromatic heterocycles. The Morgan fingerprint density at radius 1 is 1.44 bits per heavy atom. The molecule has 0 aliphatic rings. The lowest BCUT2D eigenvalue weighted by Gasteiger charge is -1.90. The number of carbonyl (C=O) groups excluding carboxylic acids is 1. The molecule has 1 heterocycles. The standard InChI is InChI=1S/C10H7NO5/c1-5(12)15-10-11-7-4-6(9(13)14)2-3-8(7)16-10/h2-4H,1H3,(H,13,14). The van der Waals surface area contributed by atoms with Crippen molar-refractivity contribution in [1.29, 1.82) is 0 Å². The number of esters is 1. The van der Waals surface area contributed by atoms with Crippen LogP contribution in [0.2, 0.25) is 0 Å². The second kappa shape index (κ2) is 3.65. The lowest BCUT2D eigenvalue weighted by atomic mass is 10.2. The highest BCUT2D eigenvalue weighted by molar-refractivity contribution is 5.91. The van der Waals surface area contributed by atoms with E-state index in [1.807, 2.05) is 0 Å². The first-order valence-electron chi connectivity index (χ1n) is 4.38. The molecule has 1 N–H and O–H groups in total. The minimum Gasteiger partial charge on any atom is -0.478 e. The fourth-order valence-electron chi connectivity index (χ4n) is 1.21. The average molecular weight is 221 g/mol. The Kier molecular flexibility index (Phi) is 2.32. The lowest BCUT2D eigenvalue weighted by molar-refractivity contribution is -0.133. The SMILES string of the molecule is CC(=O)Oc1nc2cc(C(=O)O)ccc2o1. The van der Waals surface area contributed by atoms with Crippen molar-refractivity contribution < 1.29 is 23.8 Å². The second-order valence-corrected chi connectivity index (χ2v) is 3.06. The van der Waals surface area contributed by atoms with E-state index in [0.717, 1.165) is 0 Å². The van der Waals surface area contributed by atoms with Gasteiger partial charge in [0, 0.05) is 6.92 Å². The van der Waals surface area contributed by atoms with Crippen LogP contribution in [0.25, 0.3) is 11.1 Å². The number of aromatic carboxylic acids is 1. The maximum absolute atomic E-state index is 10.7. The van der Waals surface area contributed by atoms with Crippen LogP contribution in [0.15, 0.2) is 22.6 Å². The van der Waals surface area contributed by atoms with Crippen molar-refractivity contribution in [1.82, 2.24) is 4.98 Å². The predicted molar refractivity (Wildman–Crippen MR) is 52.3 cm³/mol. The number of fused-ring (bicyclic) bond motifs is 1. The van der Waals surface area contributed by atoms with Gasteiger partial charge < -0.3 is 14.3 Å². The van der Waals surface area contributed by atoms with Crippen LogP contribution in [-0.2, 0) is 4.79 Å². The Balaban J connectivity index is 2.45. The van der Waals surface area contributed by atoms with Gasteiger partial charge in [-0.05, 0) is 18.2 Å². The summed E-state index contributed by atoms with van der Waals surface area (Å²) >= 11 is 0. The van der Waals surface area contributed by atoms with Crippen LogP contribution >= 0.6 is 0 Å². The van der Waals surface area contributed by atoms with E-state index < -0.39 is 11.9 Å². The maximum atomic E-state index is 10.7. The third-order valence-corrected chi connectivity index (χ3v) is 1.85. The summed E-state index contributed by atoms with van der Waals surface area (Å²) in [5.74, 6) is -1.61. The highest BCUT2D eigenvalue weighted by atomic mass is 16.6. The van der Waals surface area contributed by atoms with E-state index in [0.29, 0.717) is 11.1 Å². The maximum Gasteiger partial charge on any atom is 0.402 e. The topological polar surface area (TPSA) is 89.6 Å². The van der Waals surface area contributed by atoms with Crippen LogP contribution in [0, 0.1) is 0 Å². The minimum atomic E-state index is -1.06. The molecule has 2 aromatic rings. The summed E-state index contributed by atoms with van der Waals surface area (Å²) in [6.07, 6.45) is -0.190. The minimum absolute atomic E-state index is 0.0928.